The minimum atomic E-state index is 0.00813. The quantitative estimate of drug-likeness (QED) is 0.919. The average molecular weight is 352 g/mol. The summed E-state index contributed by atoms with van der Waals surface area (Å²) in [6.07, 6.45) is 2.63. The number of rotatable bonds is 4. The number of H-pyrrole nitrogens is 1. The Morgan fingerprint density at radius 3 is 3.05 bits per heavy atom. The van der Waals surface area contributed by atoms with E-state index in [9.17, 15) is 4.79 Å². The molecule has 2 aromatic heterocycles. The van der Waals surface area contributed by atoms with Crippen LogP contribution in [0.5, 0.6) is 0 Å². The van der Waals surface area contributed by atoms with Gasteiger partial charge in [-0.15, -0.1) is 0 Å². The van der Waals surface area contributed by atoms with Crippen molar-refractivity contribution in [2.75, 3.05) is 6.54 Å². The fourth-order valence-electron chi connectivity index (χ4n) is 2.68. The average Bonchev–Trinajstić information content (AvgIpc) is 2.85. The van der Waals surface area contributed by atoms with Gasteiger partial charge in [0, 0.05) is 25.9 Å². The van der Waals surface area contributed by atoms with Gasteiger partial charge in [0.15, 0.2) is 4.67 Å². The van der Waals surface area contributed by atoms with Gasteiger partial charge in [-0.05, 0) is 34.5 Å². The summed E-state index contributed by atoms with van der Waals surface area (Å²) < 4.78 is 6.26. The van der Waals surface area contributed by atoms with Crippen LogP contribution >= 0.6 is 15.9 Å². The first-order valence-electron chi connectivity index (χ1n) is 7.23. The van der Waals surface area contributed by atoms with Crippen LogP contribution in [0.3, 0.4) is 0 Å². The van der Waals surface area contributed by atoms with Gasteiger partial charge in [-0.25, -0.2) is 4.98 Å². The number of hydrogen-bond acceptors (Lipinski definition) is 4. The van der Waals surface area contributed by atoms with E-state index in [0.29, 0.717) is 13.1 Å². The lowest BCUT2D eigenvalue weighted by molar-refractivity contribution is 0.221. The van der Waals surface area contributed by atoms with Crippen LogP contribution in [-0.2, 0) is 25.9 Å². The molecule has 0 fully saturated rings. The maximum absolute atomic E-state index is 12.2. The smallest absolute Gasteiger partial charge is 0.255 e. The third-order valence-electron chi connectivity index (χ3n) is 3.69. The molecule has 0 bridgehead atoms. The Bertz CT molecular complexity index is 692. The number of aromatic amines is 1. The summed E-state index contributed by atoms with van der Waals surface area (Å²) in [7, 11) is 0. The summed E-state index contributed by atoms with van der Waals surface area (Å²) >= 11 is 3.31. The minimum Gasteiger partial charge on any atom is -0.453 e. The molecule has 2 aromatic rings. The third-order valence-corrected chi connectivity index (χ3v) is 4.12. The van der Waals surface area contributed by atoms with Gasteiger partial charge in [0.05, 0.1) is 17.8 Å². The number of fused-ring (bicyclic) bond motifs is 1. The first-order valence-corrected chi connectivity index (χ1v) is 8.02. The number of halogens is 1. The fourth-order valence-corrected chi connectivity index (χ4v) is 3.02. The molecule has 1 N–H and O–H groups in total. The van der Waals surface area contributed by atoms with Crippen LogP contribution in [0.1, 0.15) is 36.2 Å². The highest BCUT2D eigenvalue weighted by molar-refractivity contribution is 9.10. The molecule has 0 saturated carbocycles. The Labute approximate surface area is 131 Å². The topological polar surface area (TPSA) is 62.1 Å². The Balaban J connectivity index is 1.77. The molecule has 21 heavy (non-hydrogen) atoms. The monoisotopic (exact) mass is 351 g/mol. The van der Waals surface area contributed by atoms with Crippen molar-refractivity contribution in [1.82, 2.24) is 14.9 Å². The highest BCUT2D eigenvalue weighted by Crippen LogP contribution is 2.19. The second-order valence-electron chi connectivity index (χ2n) is 5.35. The van der Waals surface area contributed by atoms with E-state index in [2.05, 4.69) is 37.7 Å². The van der Waals surface area contributed by atoms with Crippen molar-refractivity contribution in [1.29, 1.82) is 0 Å². The molecule has 1 aliphatic rings. The van der Waals surface area contributed by atoms with Gasteiger partial charge in [-0.1, -0.05) is 6.92 Å². The fraction of sp³-hybridized carbons (Fsp3) is 0.467. The molecule has 1 aliphatic heterocycles. The van der Waals surface area contributed by atoms with E-state index < -0.39 is 0 Å². The zero-order chi connectivity index (χ0) is 14.8. The number of nitrogens with one attached hydrogen (secondary N) is 1. The van der Waals surface area contributed by atoms with Crippen molar-refractivity contribution >= 4 is 15.9 Å². The lowest BCUT2D eigenvalue weighted by Gasteiger charge is -2.26. The molecule has 3 heterocycles. The number of furan rings is 1. The Morgan fingerprint density at radius 1 is 1.48 bits per heavy atom. The lowest BCUT2D eigenvalue weighted by Crippen LogP contribution is -2.35. The van der Waals surface area contributed by atoms with Gasteiger partial charge in [0.25, 0.3) is 5.56 Å². The summed E-state index contributed by atoms with van der Waals surface area (Å²) in [6.45, 7) is 4.32. The molecular weight excluding hydrogens is 334 g/mol. The SMILES string of the molecule is CCCc1nc2c(c(=O)[nH]1)CN(Cc1ccc(Br)o1)CC2. The van der Waals surface area contributed by atoms with Crippen LogP contribution in [0.15, 0.2) is 26.0 Å². The van der Waals surface area contributed by atoms with Gasteiger partial charge >= 0.3 is 0 Å². The van der Waals surface area contributed by atoms with Gasteiger partial charge in [-0.2, -0.15) is 0 Å². The third kappa shape index (κ3) is 3.27. The van der Waals surface area contributed by atoms with E-state index in [4.69, 9.17) is 4.42 Å². The zero-order valence-electron chi connectivity index (χ0n) is 12.0. The van der Waals surface area contributed by atoms with Crippen molar-refractivity contribution in [2.24, 2.45) is 0 Å². The van der Waals surface area contributed by atoms with Crippen LogP contribution in [0.2, 0.25) is 0 Å². The van der Waals surface area contributed by atoms with Crippen LogP contribution in [-0.4, -0.2) is 21.4 Å². The number of aryl methyl sites for hydroxylation is 1. The number of aromatic nitrogens is 2. The lowest BCUT2D eigenvalue weighted by atomic mass is 10.1. The number of hydrogen-bond donors (Lipinski definition) is 1. The predicted octanol–water partition coefficient (Wildman–Crippen LogP) is 2.64. The van der Waals surface area contributed by atoms with Crippen molar-refractivity contribution in [3.8, 4) is 0 Å². The number of nitrogens with zero attached hydrogens (tertiary/aromatic N) is 2. The van der Waals surface area contributed by atoms with Gasteiger partial charge in [0.2, 0.25) is 0 Å². The van der Waals surface area contributed by atoms with E-state index in [-0.39, 0.29) is 5.56 Å². The molecule has 6 heteroatoms. The first-order chi connectivity index (χ1) is 10.2. The molecule has 0 saturated heterocycles. The van der Waals surface area contributed by atoms with Gasteiger partial charge in [-0.3, -0.25) is 9.69 Å². The van der Waals surface area contributed by atoms with Crippen LogP contribution in [0.25, 0.3) is 0 Å². The summed E-state index contributed by atoms with van der Waals surface area (Å²) in [5.74, 6) is 1.71. The normalized spacial score (nSPS) is 15.1. The van der Waals surface area contributed by atoms with E-state index in [1.807, 2.05) is 12.1 Å². The molecule has 0 radical (unpaired) electrons. The predicted molar refractivity (Wildman–Crippen MR) is 83.1 cm³/mol. The zero-order valence-corrected chi connectivity index (χ0v) is 13.6. The van der Waals surface area contributed by atoms with Crippen LogP contribution < -0.4 is 5.56 Å². The molecule has 112 valence electrons. The summed E-state index contributed by atoms with van der Waals surface area (Å²) in [4.78, 5) is 21.9. The Morgan fingerprint density at radius 2 is 2.33 bits per heavy atom. The molecule has 0 aromatic carbocycles. The molecular formula is C15H18BrN3O2. The van der Waals surface area contributed by atoms with Gasteiger partial charge in [0.1, 0.15) is 11.6 Å². The van der Waals surface area contributed by atoms with E-state index in [0.717, 1.165) is 53.3 Å². The van der Waals surface area contributed by atoms with Crippen LogP contribution in [0.4, 0.5) is 0 Å². The molecule has 3 rings (SSSR count). The summed E-state index contributed by atoms with van der Waals surface area (Å²) in [5, 5.41) is 0. The minimum absolute atomic E-state index is 0.00813. The van der Waals surface area contributed by atoms with E-state index >= 15 is 0 Å². The van der Waals surface area contributed by atoms with Crippen molar-refractivity contribution in [3.05, 3.63) is 50.0 Å². The largest absolute Gasteiger partial charge is 0.453 e. The molecule has 0 atom stereocenters. The van der Waals surface area contributed by atoms with Crippen molar-refractivity contribution < 1.29 is 4.42 Å². The van der Waals surface area contributed by atoms with E-state index in [1.54, 1.807) is 0 Å². The summed E-state index contributed by atoms with van der Waals surface area (Å²) in [6, 6.07) is 3.84. The first kappa shape index (κ1) is 14.5. The Kier molecular flexibility index (Phi) is 4.26. The highest BCUT2D eigenvalue weighted by Gasteiger charge is 2.21. The molecule has 0 spiro atoms. The van der Waals surface area contributed by atoms with E-state index in [1.165, 1.54) is 0 Å². The molecule has 0 aliphatic carbocycles. The summed E-state index contributed by atoms with van der Waals surface area (Å²) in [5.41, 5.74) is 1.76. The van der Waals surface area contributed by atoms with Crippen molar-refractivity contribution in [3.63, 3.8) is 0 Å². The molecule has 5 nitrogen and oxygen atoms in total. The second kappa shape index (κ2) is 6.15. The van der Waals surface area contributed by atoms with Gasteiger partial charge < -0.3 is 9.40 Å². The van der Waals surface area contributed by atoms with Crippen LogP contribution in [0, 0.1) is 0 Å². The second-order valence-corrected chi connectivity index (χ2v) is 6.14. The standard InChI is InChI=1S/C15H18BrN3O2/c1-2-3-14-17-12-6-7-19(9-11(12)15(20)18-14)8-10-4-5-13(16)21-10/h4-5H,2-3,6-9H2,1H3,(H,17,18,20). The maximum Gasteiger partial charge on any atom is 0.255 e. The van der Waals surface area contributed by atoms with Crippen molar-refractivity contribution in [2.45, 2.75) is 39.3 Å². The molecule has 0 amide bonds. The maximum atomic E-state index is 12.2. The Hall–Kier alpha value is -1.40. The highest BCUT2D eigenvalue weighted by atomic mass is 79.9. The molecule has 0 unspecified atom stereocenters.